The topological polar surface area (TPSA) is 85.5 Å². The summed E-state index contributed by atoms with van der Waals surface area (Å²) in [4.78, 5) is 30.9. The number of ether oxygens (including phenoxy) is 1. The van der Waals surface area contributed by atoms with Gasteiger partial charge in [-0.05, 0) is 41.0 Å². The summed E-state index contributed by atoms with van der Waals surface area (Å²) < 4.78 is 19.5. The fourth-order valence-electron chi connectivity index (χ4n) is 3.83. The summed E-state index contributed by atoms with van der Waals surface area (Å²) in [6.45, 7) is 0.588. The van der Waals surface area contributed by atoms with Crippen LogP contribution in [0, 0.1) is 5.82 Å². The van der Waals surface area contributed by atoms with Gasteiger partial charge in [0, 0.05) is 25.4 Å². The quantitative estimate of drug-likeness (QED) is 0.689. The first kappa shape index (κ1) is 20.7. The molecule has 2 amide bonds. The third kappa shape index (κ3) is 4.46. The molecule has 1 aromatic heterocycles. The summed E-state index contributed by atoms with van der Waals surface area (Å²) in [5.41, 5.74) is 7.19. The number of benzene rings is 2. The molecule has 4 rings (SSSR count). The molecule has 6 nitrogen and oxygen atoms in total. The van der Waals surface area contributed by atoms with Crippen molar-refractivity contribution in [2.75, 3.05) is 19.7 Å². The third-order valence-corrected chi connectivity index (χ3v) is 5.41. The predicted molar refractivity (Wildman–Crippen MR) is 114 cm³/mol. The van der Waals surface area contributed by atoms with Gasteiger partial charge in [-0.3, -0.25) is 14.6 Å². The highest BCUT2D eigenvalue weighted by molar-refractivity contribution is 5.95. The summed E-state index contributed by atoms with van der Waals surface area (Å²) in [6, 6.07) is 17.1. The van der Waals surface area contributed by atoms with E-state index in [0.29, 0.717) is 12.1 Å². The third-order valence-electron chi connectivity index (χ3n) is 5.41. The lowest BCUT2D eigenvalue weighted by Crippen LogP contribution is -2.61. The van der Waals surface area contributed by atoms with Gasteiger partial charge in [0.05, 0.1) is 18.7 Å². The van der Waals surface area contributed by atoms with Crippen LogP contribution in [0.5, 0.6) is 0 Å². The largest absolute Gasteiger partial charge is 0.367 e. The number of halogens is 1. The maximum Gasteiger partial charge on any atom is 0.255 e. The van der Waals surface area contributed by atoms with Crippen LogP contribution in [0.25, 0.3) is 11.1 Å². The number of carbonyl (C=O) groups is 2. The highest BCUT2D eigenvalue weighted by atomic mass is 19.1. The Morgan fingerprint density at radius 1 is 1.10 bits per heavy atom. The first-order valence-corrected chi connectivity index (χ1v) is 9.95. The van der Waals surface area contributed by atoms with E-state index in [1.165, 1.54) is 18.3 Å². The Balaban J connectivity index is 1.60. The molecule has 1 atom stereocenters. The SMILES string of the molecule is NC(=O)C1(Cc2cccc(-c3cccc(F)c3)c2)CN(C(=O)c2cccnc2)CCO1. The Morgan fingerprint density at radius 3 is 2.58 bits per heavy atom. The molecule has 31 heavy (non-hydrogen) atoms. The summed E-state index contributed by atoms with van der Waals surface area (Å²) in [5.74, 6) is -1.18. The molecule has 2 N–H and O–H groups in total. The molecule has 0 radical (unpaired) electrons. The number of morpholine rings is 1. The van der Waals surface area contributed by atoms with Crippen LogP contribution in [0.15, 0.2) is 73.1 Å². The van der Waals surface area contributed by atoms with Crippen molar-refractivity contribution in [2.24, 2.45) is 5.73 Å². The van der Waals surface area contributed by atoms with Crippen LogP contribution in [0.3, 0.4) is 0 Å². The molecule has 2 heterocycles. The monoisotopic (exact) mass is 419 g/mol. The number of primary amides is 1. The number of rotatable bonds is 5. The van der Waals surface area contributed by atoms with Crippen LogP contribution in [0.4, 0.5) is 4.39 Å². The van der Waals surface area contributed by atoms with Crippen molar-refractivity contribution < 1.29 is 18.7 Å². The number of aromatic nitrogens is 1. The van der Waals surface area contributed by atoms with Crippen molar-refractivity contribution in [3.05, 3.63) is 90.0 Å². The van der Waals surface area contributed by atoms with E-state index in [9.17, 15) is 14.0 Å². The Kier molecular flexibility index (Phi) is 5.77. The van der Waals surface area contributed by atoms with E-state index in [1.54, 1.807) is 29.3 Å². The summed E-state index contributed by atoms with van der Waals surface area (Å²) in [7, 11) is 0. The molecule has 7 heteroatoms. The molecule has 1 aliphatic heterocycles. The second-order valence-electron chi connectivity index (χ2n) is 7.56. The fraction of sp³-hybridized carbons (Fsp3) is 0.208. The number of nitrogens with two attached hydrogens (primary N) is 1. The van der Waals surface area contributed by atoms with Crippen LogP contribution in [-0.4, -0.2) is 47.0 Å². The van der Waals surface area contributed by atoms with E-state index in [4.69, 9.17) is 10.5 Å². The Morgan fingerprint density at radius 2 is 1.87 bits per heavy atom. The minimum atomic E-state index is -1.35. The number of nitrogens with zero attached hydrogens (tertiary/aromatic N) is 2. The Hall–Kier alpha value is -3.58. The molecular formula is C24H22FN3O3. The first-order chi connectivity index (χ1) is 15.0. The van der Waals surface area contributed by atoms with Gasteiger partial charge in [-0.2, -0.15) is 0 Å². The van der Waals surface area contributed by atoms with Crippen molar-refractivity contribution in [3.63, 3.8) is 0 Å². The maximum atomic E-state index is 13.6. The predicted octanol–water partition coefficient (Wildman–Crippen LogP) is 2.83. The smallest absolute Gasteiger partial charge is 0.255 e. The fourth-order valence-corrected chi connectivity index (χ4v) is 3.83. The lowest BCUT2D eigenvalue weighted by molar-refractivity contribution is -0.153. The van der Waals surface area contributed by atoms with E-state index < -0.39 is 11.5 Å². The molecule has 0 aliphatic carbocycles. The molecule has 0 saturated carbocycles. The minimum absolute atomic E-state index is 0.0419. The van der Waals surface area contributed by atoms with Crippen molar-refractivity contribution in [3.8, 4) is 11.1 Å². The first-order valence-electron chi connectivity index (χ1n) is 9.95. The molecule has 3 aromatic rings. The van der Waals surface area contributed by atoms with E-state index in [0.717, 1.165) is 16.7 Å². The highest BCUT2D eigenvalue weighted by Gasteiger charge is 2.44. The zero-order valence-electron chi connectivity index (χ0n) is 16.8. The second-order valence-corrected chi connectivity index (χ2v) is 7.56. The average molecular weight is 419 g/mol. The van der Waals surface area contributed by atoms with E-state index >= 15 is 0 Å². The lowest BCUT2D eigenvalue weighted by atomic mass is 9.90. The zero-order valence-corrected chi connectivity index (χ0v) is 16.8. The van der Waals surface area contributed by atoms with Gasteiger partial charge >= 0.3 is 0 Å². The number of hydrogen-bond donors (Lipinski definition) is 1. The summed E-state index contributed by atoms with van der Waals surface area (Å²) in [5, 5.41) is 0. The van der Waals surface area contributed by atoms with Crippen molar-refractivity contribution in [1.29, 1.82) is 0 Å². The van der Waals surface area contributed by atoms with Crippen molar-refractivity contribution in [2.45, 2.75) is 12.0 Å². The van der Waals surface area contributed by atoms with Gasteiger partial charge in [0.15, 0.2) is 5.60 Å². The minimum Gasteiger partial charge on any atom is -0.367 e. The van der Waals surface area contributed by atoms with E-state index in [-0.39, 0.29) is 31.3 Å². The molecule has 158 valence electrons. The zero-order chi connectivity index (χ0) is 21.8. The van der Waals surface area contributed by atoms with E-state index in [1.807, 2.05) is 30.3 Å². The van der Waals surface area contributed by atoms with Gasteiger partial charge in [-0.1, -0.05) is 36.4 Å². The Labute approximate surface area is 179 Å². The van der Waals surface area contributed by atoms with Gasteiger partial charge in [-0.25, -0.2) is 4.39 Å². The van der Waals surface area contributed by atoms with Crippen LogP contribution in [0.1, 0.15) is 15.9 Å². The maximum absolute atomic E-state index is 13.6. The van der Waals surface area contributed by atoms with E-state index in [2.05, 4.69) is 4.98 Å². The molecule has 0 bridgehead atoms. The number of amides is 2. The Bertz CT molecular complexity index is 1110. The van der Waals surface area contributed by atoms with Crippen LogP contribution >= 0.6 is 0 Å². The molecule has 1 saturated heterocycles. The number of pyridine rings is 1. The normalized spacial score (nSPS) is 18.5. The number of carbonyl (C=O) groups excluding carboxylic acids is 2. The summed E-state index contributed by atoms with van der Waals surface area (Å²) >= 11 is 0. The number of hydrogen-bond acceptors (Lipinski definition) is 4. The molecule has 0 spiro atoms. The molecule has 1 unspecified atom stereocenters. The average Bonchev–Trinajstić information content (AvgIpc) is 2.79. The van der Waals surface area contributed by atoms with Gasteiger partial charge in [0.2, 0.25) is 0 Å². The van der Waals surface area contributed by atoms with Crippen LogP contribution < -0.4 is 5.73 Å². The molecule has 2 aromatic carbocycles. The van der Waals surface area contributed by atoms with Gasteiger partial charge in [0.25, 0.3) is 11.8 Å². The van der Waals surface area contributed by atoms with Gasteiger partial charge in [-0.15, -0.1) is 0 Å². The van der Waals surface area contributed by atoms with Crippen molar-refractivity contribution in [1.82, 2.24) is 9.88 Å². The molecular weight excluding hydrogens is 397 g/mol. The highest BCUT2D eigenvalue weighted by Crippen LogP contribution is 2.27. The van der Waals surface area contributed by atoms with Crippen LogP contribution in [0.2, 0.25) is 0 Å². The van der Waals surface area contributed by atoms with Crippen molar-refractivity contribution >= 4 is 11.8 Å². The van der Waals surface area contributed by atoms with Crippen LogP contribution in [-0.2, 0) is 16.0 Å². The lowest BCUT2D eigenvalue weighted by Gasteiger charge is -2.40. The standard InChI is InChI=1S/C24H22FN3O3/c25-21-8-2-6-19(13-21)18-5-1-4-17(12-18)14-24(23(26)30)16-28(10-11-31-24)22(29)20-7-3-9-27-15-20/h1-9,12-13,15H,10-11,14,16H2,(H2,26,30). The van der Waals surface area contributed by atoms with Gasteiger partial charge < -0.3 is 15.4 Å². The summed E-state index contributed by atoms with van der Waals surface area (Å²) in [6.07, 6.45) is 3.28. The molecule has 1 aliphatic rings. The second kappa shape index (κ2) is 8.65. The molecule has 1 fully saturated rings. The van der Waals surface area contributed by atoms with Gasteiger partial charge in [0.1, 0.15) is 5.82 Å².